The van der Waals surface area contributed by atoms with E-state index >= 15 is 0 Å². The van der Waals surface area contributed by atoms with E-state index in [0.29, 0.717) is 16.0 Å². The van der Waals surface area contributed by atoms with Crippen LogP contribution in [0.5, 0.6) is 0 Å². The Balaban J connectivity index is 1.73. The van der Waals surface area contributed by atoms with Crippen LogP contribution in [0.3, 0.4) is 0 Å². The molecule has 148 valence electrons. The Labute approximate surface area is 174 Å². The van der Waals surface area contributed by atoms with Gasteiger partial charge >= 0.3 is 4.87 Å². The van der Waals surface area contributed by atoms with Crippen LogP contribution in [0, 0.1) is 6.92 Å². The normalized spacial score (nSPS) is 11.0. The van der Waals surface area contributed by atoms with Crippen LogP contribution in [0.4, 0.5) is 0 Å². The van der Waals surface area contributed by atoms with Gasteiger partial charge in [-0.15, -0.1) is 0 Å². The van der Waals surface area contributed by atoms with Crippen molar-refractivity contribution in [2.45, 2.75) is 13.5 Å². The van der Waals surface area contributed by atoms with Gasteiger partial charge in [0.1, 0.15) is 5.15 Å². The molecule has 0 atom stereocenters. The van der Waals surface area contributed by atoms with E-state index in [0.717, 1.165) is 16.9 Å². The topological polar surface area (TPSA) is 104 Å². The molecule has 0 aliphatic rings. The van der Waals surface area contributed by atoms with Crippen molar-refractivity contribution in [2.75, 3.05) is 0 Å². The van der Waals surface area contributed by atoms with Gasteiger partial charge in [0.25, 0.3) is 5.91 Å². The lowest BCUT2D eigenvalue weighted by molar-refractivity contribution is -0.255. The van der Waals surface area contributed by atoms with Gasteiger partial charge in [0.05, 0.1) is 23.6 Å². The number of nitrogens with zero attached hydrogens (tertiary/aromatic N) is 2. The number of benzene rings is 2. The van der Waals surface area contributed by atoms with Gasteiger partial charge in [-0.3, -0.25) is 14.2 Å². The van der Waals surface area contributed by atoms with Crippen LogP contribution in [-0.4, -0.2) is 22.7 Å². The maximum absolute atomic E-state index is 12.3. The summed E-state index contributed by atoms with van der Waals surface area (Å²) in [5.41, 5.74) is 4.48. The van der Waals surface area contributed by atoms with Gasteiger partial charge in [0.15, 0.2) is 0 Å². The minimum absolute atomic E-state index is 0.0162. The predicted octanol–water partition coefficient (Wildman–Crippen LogP) is 2.05. The molecule has 0 bridgehead atoms. The molecule has 0 aliphatic heterocycles. The number of carbonyl (C=O) groups is 2. The van der Waals surface area contributed by atoms with E-state index in [2.05, 4.69) is 10.5 Å². The highest BCUT2D eigenvalue weighted by molar-refractivity contribution is 7.11. The minimum Gasteiger partial charge on any atom is -0.545 e. The van der Waals surface area contributed by atoms with E-state index in [1.165, 1.54) is 22.9 Å². The first-order valence-electron chi connectivity index (χ1n) is 8.44. The largest absolute Gasteiger partial charge is 0.545 e. The molecule has 0 aliphatic carbocycles. The first kappa shape index (κ1) is 20.5. The van der Waals surface area contributed by atoms with E-state index in [4.69, 9.17) is 11.6 Å². The van der Waals surface area contributed by atoms with Gasteiger partial charge in [-0.25, -0.2) is 5.43 Å². The fraction of sp³-hybridized carbons (Fsp3) is 0.100. The van der Waals surface area contributed by atoms with Crippen molar-refractivity contribution in [1.82, 2.24) is 9.99 Å². The lowest BCUT2D eigenvalue weighted by atomic mass is 10.1. The SMILES string of the molecule is Cc1ccc(C(=O)N/N=C\c2sc(=O)n(Cc3cccc(C(=O)[O-])c3)c2Cl)cc1. The quantitative estimate of drug-likeness (QED) is 0.479. The van der Waals surface area contributed by atoms with E-state index in [9.17, 15) is 19.5 Å². The third-order valence-electron chi connectivity index (χ3n) is 4.02. The molecule has 3 rings (SSSR count). The van der Waals surface area contributed by atoms with Gasteiger partial charge in [0.2, 0.25) is 0 Å². The number of hydrazone groups is 1. The molecule has 1 aromatic heterocycles. The number of carbonyl (C=O) groups excluding carboxylic acids is 2. The molecule has 0 saturated heterocycles. The third-order valence-corrected chi connectivity index (χ3v) is 5.46. The molecule has 3 aromatic rings. The fourth-order valence-corrected chi connectivity index (χ4v) is 3.62. The smallest absolute Gasteiger partial charge is 0.309 e. The van der Waals surface area contributed by atoms with Crippen LogP contribution in [-0.2, 0) is 6.54 Å². The highest BCUT2D eigenvalue weighted by Gasteiger charge is 2.12. The second-order valence-corrected chi connectivity index (χ2v) is 7.51. The molecule has 0 saturated carbocycles. The first-order chi connectivity index (χ1) is 13.8. The Bertz CT molecular complexity index is 1150. The standard InChI is InChI=1S/C20H16ClN3O4S/c1-12-5-7-14(8-6-12)18(25)23-22-10-16-17(21)24(20(28)29-16)11-13-3-2-4-15(9-13)19(26)27/h2-10H,11H2,1H3,(H,23,25)(H,26,27)/p-1/b22-10-. The Hall–Kier alpha value is -3.23. The maximum atomic E-state index is 12.3. The highest BCUT2D eigenvalue weighted by atomic mass is 35.5. The molecular weight excluding hydrogens is 414 g/mol. The van der Waals surface area contributed by atoms with Crippen LogP contribution in [0.2, 0.25) is 5.15 Å². The van der Waals surface area contributed by atoms with E-state index in [-0.39, 0.29) is 28.0 Å². The number of hydrogen-bond donors (Lipinski definition) is 1. The average Bonchev–Trinajstić information content (AvgIpc) is 2.96. The summed E-state index contributed by atoms with van der Waals surface area (Å²) in [4.78, 5) is 35.3. The van der Waals surface area contributed by atoms with Gasteiger partial charge in [-0.05, 0) is 36.2 Å². The Kier molecular flexibility index (Phi) is 6.26. The summed E-state index contributed by atoms with van der Waals surface area (Å²) >= 11 is 7.14. The Morgan fingerprint density at radius 2 is 1.93 bits per heavy atom. The second kappa shape index (κ2) is 8.85. The van der Waals surface area contributed by atoms with Crippen molar-refractivity contribution in [1.29, 1.82) is 0 Å². The molecule has 7 nitrogen and oxygen atoms in total. The summed E-state index contributed by atoms with van der Waals surface area (Å²) in [6.07, 6.45) is 1.30. The number of carboxylic acids is 1. The molecule has 29 heavy (non-hydrogen) atoms. The van der Waals surface area contributed by atoms with E-state index < -0.39 is 5.97 Å². The summed E-state index contributed by atoms with van der Waals surface area (Å²) in [5, 5.41) is 15.0. The van der Waals surface area contributed by atoms with Gasteiger partial charge in [-0.1, -0.05) is 58.8 Å². The molecule has 2 aromatic carbocycles. The summed E-state index contributed by atoms with van der Waals surface area (Å²) in [5.74, 6) is -1.68. The van der Waals surface area contributed by atoms with E-state index in [1.807, 2.05) is 19.1 Å². The third kappa shape index (κ3) is 4.98. The number of amides is 1. The molecule has 0 radical (unpaired) electrons. The second-order valence-electron chi connectivity index (χ2n) is 6.16. The van der Waals surface area contributed by atoms with Gasteiger partial charge < -0.3 is 9.90 Å². The highest BCUT2D eigenvalue weighted by Crippen LogP contribution is 2.18. The molecular formula is C20H15ClN3O4S-. The van der Waals surface area contributed by atoms with Crippen LogP contribution in [0.25, 0.3) is 0 Å². The molecule has 1 heterocycles. The van der Waals surface area contributed by atoms with Crippen LogP contribution in [0.1, 0.15) is 36.7 Å². The zero-order valence-electron chi connectivity index (χ0n) is 15.2. The van der Waals surface area contributed by atoms with Crippen LogP contribution >= 0.6 is 22.9 Å². The summed E-state index contributed by atoms with van der Waals surface area (Å²) < 4.78 is 1.30. The maximum Gasteiger partial charge on any atom is 0.309 e. The Morgan fingerprint density at radius 1 is 1.21 bits per heavy atom. The zero-order chi connectivity index (χ0) is 21.0. The van der Waals surface area contributed by atoms with E-state index in [1.54, 1.807) is 24.3 Å². The van der Waals surface area contributed by atoms with Crippen molar-refractivity contribution in [3.63, 3.8) is 0 Å². The number of halogens is 1. The van der Waals surface area contributed by atoms with Crippen LogP contribution in [0.15, 0.2) is 58.4 Å². The van der Waals surface area contributed by atoms with Crippen LogP contribution < -0.4 is 15.4 Å². The summed E-state index contributed by atoms with van der Waals surface area (Å²) in [6.45, 7) is 2.02. The minimum atomic E-state index is -1.30. The number of aromatic nitrogens is 1. The monoisotopic (exact) mass is 428 g/mol. The predicted molar refractivity (Wildman–Crippen MR) is 110 cm³/mol. The van der Waals surface area contributed by atoms with Crippen molar-refractivity contribution in [2.24, 2.45) is 5.10 Å². The molecule has 1 amide bonds. The fourth-order valence-electron chi connectivity index (χ4n) is 2.52. The molecule has 1 N–H and O–H groups in total. The number of aryl methyl sites for hydroxylation is 1. The lowest BCUT2D eigenvalue weighted by Crippen LogP contribution is -2.22. The number of carboxylic acid groups (broad SMARTS) is 1. The summed E-state index contributed by atoms with van der Waals surface area (Å²) in [6, 6.07) is 13.1. The first-order valence-corrected chi connectivity index (χ1v) is 9.64. The average molecular weight is 429 g/mol. The van der Waals surface area contributed by atoms with Crippen molar-refractivity contribution in [3.05, 3.63) is 90.5 Å². The number of rotatable bonds is 6. The summed E-state index contributed by atoms with van der Waals surface area (Å²) in [7, 11) is 0. The molecule has 9 heteroatoms. The van der Waals surface area contributed by atoms with Gasteiger partial charge in [0, 0.05) is 5.56 Å². The number of aromatic carboxylic acids is 1. The molecule has 0 spiro atoms. The molecule has 0 fully saturated rings. The number of thiazole rings is 1. The zero-order valence-corrected chi connectivity index (χ0v) is 16.8. The van der Waals surface area contributed by atoms with Crippen molar-refractivity contribution >= 4 is 41.0 Å². The number of nitrogens with one attached hydrogen (secondary N) is 1. The van der Waals surface area contributed by atoms with Crippen molar-refractivity contribution in [3.8, 4) is 0 Å². The Morgan fingerprint density at radius 3 is 2.62 bits per heavy atom. The van der Waals surface area contributed by atoms with Crippen molar-refractivity contribution < 1.29 is 14.7 Å². The lowest BCUT2D eigenvalue weighted by Gasteiger charge is -2.07. The van der Waals surface area contributed by atoms with Gasteiger partial charge in [-0.2, -0.15) is 5.10 Å². The number of hydrogen-bond acceptors (Lipinski definition) is 6. The molecule has 0 unspecified atom stereocenters.